The highest BCUT2D eigenvalue weighted by Gasteiger charge is 2.51. The smallest absolute Gasteiger partial charge is 0.0816 e. The maximum absolute atomic E-state index is 11.2. The van der Waals surface area contributed by atoms with E-state index in [4.69, 9.17) is 0 Å². The molecule has 3 unspecified atom stereocenters. The van der Waals surface area contributed by atoms with Crippen molar-refractivity contribution in [2.24, 2.45) is 23.2 Å². The average molecular weight is 256 g/mol. The molecule has 0 aromatic heterocycles. The highest BCUT2D eigenvalue weighted by atomic mass is 32.2. The SMILES string of the molecule is CC1CC(C)CC(C2(O)CSCCC2(C)C)C1. The summed E-state index contributed by atoms with van der Waals surface area (Å²) in [6, 6.07) is 0. The Labute approximate surface area is 111 Å². The Morgan fingerprint density at radius 3 is 2.18 bits per heavy atom. The highest BCUT2D eigenvalue weighted by molar-refractivity contribution is 7.99. The summed E-state index contributed by atoms with van der Waals surface area (Å²) in [6.45, 7) is 9.26. The molecular formula is C15H28OS. The fourth-order valence-corrected chi connectivity index (χ4v) is 5.71. The van der Waals surface area contributed by atoms with Crippen LogP contribution in [0.1, 0.15) is 53.4 Å². The molecule has 3 atom stereocenters. The number of rotatable bonds is 1. The number of aliphatic hydroxyl groups is 1. The zero-order valence-corrected chi connectivity index (χ0v) is 12.6. The van der Waals surface area contributed by atoms with Crippen molar-refractivity contribution in [2.75, 3.05) is 11.5 Å². The van der Waals surface area contributed by atoms with Gasteiger partial charge in [-0.2, -0.15) is 11.8 Å². The number of hydrogen-bond acceptors (Lipinski definition) is 2. The van der Waals surface area contributed by atoms with Crippen LogP contribution in [0, 0.1) is 23.2 Å². The molecule has 1 saturated heterocycles. The lowest BCUT2D eigenvalue weighted by Gasteiger charge is -2.53. The molecule has 1 nitrogen and oxygen atoms in total. The first-order chi connectivity index (χ1) is 7.85. The van der Waals surface area contributed by atoms with E-state index in [1.165, 1.54) is 25.0 Å². The lowest BCUT2D eigenvalue weighted by Crippen LogP contribution is -2.56. The summed E-state index contributed by atoms with van der Waals surface area (Å²) in [5.74, 6) is 4.26. The van der Waals surface area contributed by atoms with E-state index in [2.05, 4.69) is 27.7 Å². The van der Waals surface area contributed by atoms with Gasteiger partial charge in [0, 0.05) is 5.75 Å². The van der Waals surface area contributed by atoms with Crippen LogP contribution >= 0.6 is 11.8 Å². The predicted molar refractivity (Wildman–Crippen MR) is 76.3 cm³/mol. The van der Waals surface area contributed by atoms with Crippen LogP contribution in [-0.4, -0.2) is 22.2 Å². The van der Waals surface area contributed by atoms with Gasteiger partial charge in [-0.3, -0.25) is 0 Å². The monoisotopic (exact) mass is 256 g/mol. The van der Waals surface area contributed by atoms with Crippen LogP contribution < -0.4 is 0 Å². The van der Waals surface area contributed by atoms with E-state index >= 15 is 0 Å². The van der Waals surface area contributed by atoms with Crippen LogP contribution in [0.25, 0.3) is 0 Å². The van der Waals surface area contributed by atoms with Gasteiger partial charge in [0.1, 0.15) is 0 Å². The second kappa shape index (κ2) is 4.77. The molecule has 0 aromatic rings. The summed E-state index contributed by atoms with van der Waals surface area (Å²) in [6.07, 6.45) is 4.96. The second-order valence-corrected chi connectivity index (χ2v) is 8.33. The fraction of sp³-hybridized carbons (Fsp3) is 1.00. The van der Waals surface area contributed by atoms with Crippen molar-refractivity contribution < 1.29 is 5.11 Å². The zero-order valence-electron chi connectivity index (χ0n) is 11.8. The highest BCUT2D eigenvalue weighted by Crippen LogP contribution is 2.51. The van der Waals surface area contributed by atoms with Crippen molar-refractivity contribution in [3.05, 3.63) is 0 Å². The molecule has 2 fully saturated rings. The Bertz CT molecular complexity index is 266. The molecule has 2 heteroatoms. The van der Waals surface area contributed by atoms with E-state index in [0.717, 1.165) is 24.0 Å². The minimum atomic E-state index is -0.432. The van der Waals surface area contributed by atoms with Crippen molar-refractivity contribution in [1.82, 2.24) is 0 Å². The number of hydrogen-bond donors (Lipinski definition) is 1. The lowest BCUT2D eigenvalue weighted by atomic mass is 9.60. The van der Waals surface area contributed by atoms with Gasteiger partial charge in [0.15, 0.2) is 0 Å². The molecule has 1 aliphatic heterocycles. The maximum Gasteiger partial charge on any atom is 0.0816 e. The van der Waals surface area contributed by atoms with E-state index in [9.17, 15) is 5.11 Å². The Balaban J connectivity index is 2.18. The molecule has 1 saturated carbocycles. The number of thioether (sulfide) groups is 1. The minimum absolute atomic E-state index is 0.0969. The minimum Gasteiger partial charge on any atom is -0.388 e. The van der Waals surface area contributed by atoms with Crippen LogP contribution in [0.4, 0.5) is 0 Å². The maximum atomic E-state index is 11.2. The molecule has 1 heterocycles. The van der Waals surface area contributed by atoms with Crippen LogP contribution in [0.2, 0.25) is 0 Å². The topological polar surface area (TPSA) is 20.2 Å². The first kappa shape index (κ1) is 13.7. The van der Waals surface area contributed by atoms with Crippen molar-refractivity contribution in [2.45, 2.75) is 59.0 Å². The van der Waals surface area contributed by atoms with Crippen molar-refractivity contribution in [3.63, 3.8) is 0 Å². The molecule has 100 valence electrons. The molecule has 0 bridgehead atoms. The molecule has 0 radical (unpaired) electrons. The van der Waals surface area contributed by atoms with Crippen molar-refractivity contribution in [3.8, 4) is 0 Å². The van der Waals surface area contributed by atoms with E-state index in [-0.39, 0.29) is 5.41 Å². The van der Waals surface area contributed by atoms with Gasteiger partial charge in [-0.1, -0.05) is 27.7 Å². The summed E-state index contributed by atoms with van der Waals surface area (Å²) >= 11 is 1.95. The summed E-state index contributed by atoms with van der Waals surface area (Å²) in [4.78, 5) is 0. The first-order valence-electron chi connectivity index (χ1n) is 7.15. The van der Waals surface area contributed by atoms with Crippen molar-refractivity contribution in [1.29, 1.82) is 0 Å². The summed E-state index contributed by atoms with van der Waals surface area (Å²) < 4.78 is 0. The Hall–Kier alpha value is 0.310. The molecule has 0 spiro atoms. The summed E-state index contributed by atoms with van der Waals surface area (Å²) in [5.41, 5.74) is -0.335. The van der Waals surface area contributed by atoms with Crippen LogP contribution in [-0.2, 0) is 0 Å². The van der Waals surface area contributed by atoms with E-state index in [0.29, 0.717) is 5.92 Å². The molecule has 17 heavy (non-hydrogen) atoms. The average Bonchev–Trinajstić information content (AvgIpc) is 2.21. The zero-order chi connectivity index (χ0) is 12.7. The molecule has 2 rings (SSSR count). The van der Waals surface area contributed by atoms with Gasteiger partial charge in [-0.05, 0) is 54.6 Å². The molecule has 2 aliphatic rings. The van der Waals surface area contributed by atoms with E-state index in [1.807, 2.05) is 11.8 Å². The van der Waals surface area contributed by atoms with Gasteiger partial charge in [-0.25, -0.2) is 0 Å². The second-order valence-electron chi connectivity index (χ2n) is 7.23. The molecule has 1 aliphatic carbocycles. The summed E-state index contributed by atoms with van der Waals surface area (Å²) in [7, 11) is 0. The quantitative estimate of drug-likeness (QED) is 0.766. The van der Waals surface area contributed by atoms with Gasteiger partial charge in [0.05, 0.1) is 5.60 Å². The van der Waals surface area contributed by atoms with Gasteiger partial charge in [-0.15, -0.1) is 0 Å². The molecular weight excluding hydrogens is 228 g/mol. The van der Waals surface area contributed by atoms with Gasteiger partial charge < -0.3 is 5.11 Å². The molecule has 0 aromatic carbocycles. The van der Waals surface area contributed by atoms with Crippen LogP contribution in [0.5, 0.6) is 0 Å². The Kier molecular flexibility index (Phi) is 3.85. The standard InChI is InChI=1S/C15H28OS/c1-11-7-12(2)9-13(8-11)15(16)10-17-6-5-14(15,3)4/h11-13,16H,5-10H2,1-4H3. The van der Waals surface area contributed by atoms with E-state index < -0.39 is 5.60 Å². The van der Waals surface area contributed by atoms with Crippen molar-refractivity contribution >= 4 is 11.8 Å². The van der Waals surface area contributed by atoms with Crippen LogP contribution in [0.15, 0.2) is 0 Å². The van der Waals surface area contributed by atoms with Gasteiger partial charge >= 0.3 is 0 Å². The van der Waals surface area contributed by atoms with Gasteiger partial charge in [0.25, 0.3) is 0 Å². The van der Waals surface area contributed by atoms with Crippen LogP contribution in [0.3, 0.4) is 0 Å². The third kappa shape index (κ3) is 2.53. The predicted octanol–water partition coefficient (Wildman–Crippen LogP) is 3.95. The summed E-state index contributed by atoms with van der Waals surface area (Å²) in [5, 5.41) is 11.2. The van der Waals surface area contributed by atoms with Gasteiger partial charge in [0.2, 0.25) is 0 Å². The lowest BCUT2D eigenvalue weighted by molar-refractivity contribution is -0.116. The normalized spacial score (nSPS) is 46.8. The fourth-order valence-electron chi connectivity index (χ4n) is 3.97. The Morgan fingerprint density at radius 2 is 1.65 bits per heavy atom. The third-order valence-corrected chi connectivity index (χ3v) is 6.36. The van der Waals surface area contributed by atoms with E-state index in [1.54, 1.807) is 0 Å². The molecule has 0 amide bonds. The Morgan fingerprint density at radius 1 is 1.06 bits per heavy atom. The largest absolute Gasteiger partial charge is 0.388 e. The molecule has 1 N–H and O–H groups in total. The first-order valence-corrected chi connectivity index (χ1v) is 8.31. The third-order valence-electron chi connectivity index (χ3n) is 5.22.